The first-order valence-corrected chi connectivity index (χ1v) is 7.60. The summed E-state index contributed by atoms with van der Waals surface area (Å²) >= 11 is 0. The normalized spacial score (nSPS) is 12.5. The quantitative estimate of drug-likeness (QED) is 0.781. The maximum Gasteiger partial charge on any atom is 0.262 e. The lowest BCUT2D eigenvalue weighted by atomic mass is 10.1. The number of aryl methyl sites for hydroxylation is 1. The van der Waals surface area contributed by atoms with Gasteiger partial charge >= 0.3 is 0 Å². The number of halogens is 2. The van der Waals surface area contributed by atoms with Crippen LogP contribution in [0.25, 0.3) is 5.65 Å². The van der Waals surface area contributed by atoms with E-state index < -0.39 is 18.4 Å². The third kappa shape index (κ3) is 3.42. The van der Waals surface area contributed by atoms with Crippen molar-refractivity contribution < 1.29 is 13.6 Å². The number of amides is 1. The van der Waals surface area contributed by atoms with Crippen molar-refractivity contribution in [2.45, 2.75) is 25.8 Å². The number of nitrogens with one attached hydrogen (secondary N) is 1. The predicted molar refractivity (Wildman–Crippen MR) is 87.0 cm³/mol. The molecular weight excluding hydrogens is 312 g/mol. The number of aromatic nitrogens is 2. The fourth-order valence-electron chi connectivity index (χ4n) is 2.63. The van der Waals surface area contributed by atoms with Crippen LogP contribution in [-0.2, 0) is 11.2 Å². The summed E-state index contributed by atoms with van der Waals surface area (Å²) in [6, 6.07) is 10.7. The highest BCUT2D eigenvalue weighted by atomic mass is 19.3. The summed E-state index contributed by atoms with van der Waals surface area (Å²) in [6.07, 6.45) is 0.849. The number of carbonyl (C=O) groups is 1. The minimum atomic E-state index is -2.68. The molecule has 3 rings (SSSR count). The Kier molecular flexibility index (Phi) is 4.55. The maximum absolute atomic E-state index is 13.3. The van der Waals surface area contributed by atoms with Gasteiger partial charge in [0.1, 0.15) is 11.7 Å². The molecule has 0 fully saturated rings. The average Bonchev–Trinajstić information content (AvgIpc) is 2.97. The van der Waals surface area contributed by atoms with Crippen LogP contribution in [0.1, 0.15) is 22.9 Å². The molecule has 3 aromatic rings. The molecule has 1 unspecified atom stereocenters. The number of nitrogens with zero attached hydrogens (tertiary/aromatic N) is 2. The van der Waals surface area contributed by atoms with Gasteiger partial charge in [0.25, 0.3) is 6.43 Å². The molecule has 6 heteroatoms. The van der Waals surface area contributed by atoms with E-state index >= 15 is 0 Å². The zero-order chi connectivity index (χ0) is 17.1. The van der Waals surface area contributed by atoms with Crippen LogP contribution in [0.5, 0.6) is 0 Å². The zero-order valence-electron chi connectivity index (χ0n) is 13.1. The monoisotopic (exact) mass is 329 g/mol. The van der Waals surface area contributed by atoms with E-state index in [0.717, 1.165) is 11.2 Å². The van der Waals surface area contributed by atoms with Gasteiger partial charge in [0, 0.05) is 12.4 Å². The minimum absolute atomic E-state index is 0.0445. The smallest absolute Gasteiger partial charge is 0.262 e. The van der Waals surface area contributed by atoms with Gasteiger partial charge in [0.15, 0.2) is 0 Å². The average molecular weight is 329 g/mol. The second kappa shape index (κ2) is 6.78. The van der Waals surface area contributed by atoms with E-state index in [4.69, 9.17) is 0 Å². The molecule has 2 heterocycles. The van der Waals surface area contributed by atoms with E-state index in [-0.39, 0.29) is 6.42 Å². The highest BCUT2D eigenvalue weighted by Crippen LogP contribution is 2.20. The fourth-order valence-corrected chi connectivity index (χ4v) is 2.63. The zero-order valence-corrected chi connectivity index (χ0v) is 13.1. The molecule has 4 nitrogen and oxygen atoms in total. The highest BCUT2D eigenvalue weighted by Gasteiger charge is 2.24. The minimum Gasteiger partial charge on any atom is -0.343 e. The molecule has 0 aliphatic rings. The summed E-state index contributed by atoms with van der Waals surface area (Å²) < 4.78 is 28.4. The topological polar surface area (TPSA) is 46.4 Å². The van der Waals surface area contributed by atoms with Gasteiger partial charge < -0.3 is 9.72 Å². The summed E-state index contributed by atoms with van der Waals surface area (Å²) in [6.45, 7) is 1.93. The largest absolute Gasteiger partial charge is 0.343 e. The Hall–Kier alpha value is -2.76. The SMILES string of the molecule is Cc1cccn2cc(CC(=O)NC(c3ccccc3)C(F)F)nc12. The van der Waals surface area contributed by atoms with Crippen LogP contribution in [0.4, 0.5) is 8.78 Å². The third-order valence-electron chi connectivity index (χ3n) is 3.80. The van der Waals surface area contributed by atoms with Crippen LogP contribution in [-0.4, -0.2) is 21.7 Å². The number of hydrogen-bond acceptors (Lipinski definition) is 2. The summed E-state index contributed by atoms with van der Waals surface area (Å²) in [4.78, 5) is 16.6. The summed E-state index contributed by atoms with van der Waals surface area (Å²) in [5.41, 5.74) is 2.67. The van der Waals surface area contributed by atoms with Crippen molar-refractivity contribution in [1.29, 1.82) is 0 Å². The number of benzene rings is 1. The van der Waals surface area contributed by atoms with Crippen molar-refractivity contribution in [3.8, 4) is 0 Å². The molecule has 0 spiro atoms. The van der Waals surface area contributed by atoms with Gasteiger partial charge in [-0.2, -0.15) is 0 Å². The molecule has 0 aliphatic heterocycles. The van der Waals surface area contributed by atoms with Crippen molar-refractivity contribution in [2.24, 2.45) is 0 Å². The van der Waals surface area contributed by atoms with Gasteiger partial charge in [0.05, 0.1) is 12.1 Å². The maximum atomic E-state index is 13.3. The molecule has 1 aromatic carbocycles. The van der Waals surface area contributed by atoms with E-state index in [9.17, 15) is 13.6 Å². The third-order valence-corrected chi connectivity index (χ3v) is 3.80. The first-order chi connectivity index (χ1) is 11.5. The standard InChI is InChI=1S/C18H17F2N3O/c1-12-6-5-9-23-11-14(21-18(12)23)10-15(24)22-16(17(19)20)13-7-3-2-4-8-13/h2-9,11,16-17H,10H2,1H3,(H,22,24). The van der Waals surface area contributed by atoms with Crippen LogP contribution in [0.3, 0.4) is 0 Å². The molecule has 124 valence electrons. The molecule has 0 aliphatic carbocycles. The van der Waals surface area contributed by atoms with Crippen LogP contribution >= 0.6 is 0 Å². The first-order valence-electron chi connectivity index (χ1n) is 7.60. The van der Waals surface area contributed by atoms with Gasteiger partial charge in [-0.05, 0) is 24.1 Å². The van der Waals surface area contributed by atoms with E-state index in [1.165, 1.54) is 0 Å². The van der Waals surface area contributed by atoms with Gasteiger partial charge in [-0.3, -0.25) is 4.79 Å². The molecule has 1 atom stereocenters. The lowest BCUT2D eigenvalue weighted by molar-refractivity contribution is -0.122. The van der Waals surface area contributed by atoms with Crippen LogP contribution < -0.4 is 5.32 Å². The van der Waals surface area contributed by atoms with Crippen molar-refractivity contribution in [3.05, 3.63) is 71.7 Å². The molecular formula is C18H17F2N3O. The summed E-state index contributed by atoms with van der Waals surface area (Å²) in [5.74, 6) is -0.481. The number of carbonyl (C=O) groups excluding carboxylic acids is 1. The first kappa shape index (κ1) is 16.1. The number of fused-ring (bicyclic) bond motifs is 1. The number of imidazole rings is 1. The molecule has 0 saturated carbocycles. The molecule has 0 saturated heterocycles. The fraction of sp³-hybridized carbons (Fsp3) is 0.222. The van der Waals surface area contributed by atoms with Crippen molar-refractivity contribution in [1.82, 2.24) is 14.7 Å². The second-order valence-electron chi connectivity index (χ2n) is 5.62. The highest BCUT2D eigenvalue weighted by molar-refractivity contribution is 5.79. The molecule has 0 bridgehead atoms. The number of alkyl halides is 2. The van der Waals surface area contributed by atoms with Gasteiger partial charge in [-0.15, -0.1) is 0 Å². The van der Waals surface area contributed by atoms with E-state index in [1.807, 2.05) is 29.7 Å². The molecule has 2 aromatic heterocycles. The van der Waals surface area contributed by atoms with Crippen LogP contribution in [0.15, 0.2) is 54.9 Å². The van der Waals surface area contributed by atoms with E-state index in [0.29, 0.717) is 11.3 Å². The molecule has 24 heavy (non-hydrogen) atoms. The second-order valence-corrected chi connectivity index (χ2v) is 5.62. The van der Waals surface area contributed by atoms with Gasteiger partial charge in [0.2, 0.25) is 5.91 Å². The molecule has 0 radical (unpaired) electrons. The molecule has 1 amide bonds. The molecule has 1 N–H and O–H groups in total. The number of rotatable bonds is 5. The van der Waals surface area contributed by atoms with Gasteiger partial charge in [-0.1, -0.05) is 36.4 Å². The summed E-state index contributed by atoms with van der Waals surface area (Å²) in [5, 5.41) is 2.40. The number of hydrogen-bond donors (Lipinski definition) is 1. The lowest BCUT2D eigenvalue weighted by Crippen LogP contribution is -2.34. The Labute approximate surface area is 138 Å². The van der Waals surface area contributed by atoms with Crippen LogP contribution in [0.2, 0.25) is 0 Å². The van der Waals surface area contributed by atoms with Crippen molar-refractivity contribution >= 4 is 11.6 Å². The Balaban J connectivity index is 1.74. The summed E-state index contributed by atoms with van der Waals surface area (Å²) in [7, 11) is 0. The Morgan fingerprint density at radius 3 is 2.62 bits per heavy atom. The van der Waals surface area contributed by atoms with E-state index in [2.05, 4.69) is 10.3 Å². The Morgan fingerprint density at radius 2 is 1.96 bits per heavy atom. The predicted octanol–water partition coefficient (Wildman–Crippen LogP) is 3.31. The lowest BCUT2D eigenvalue weighted by Gasteiger charge is -2.18. The van der Waals surface area contributed by atoms with Crippen LogP contribution in [0, 0.1) is 6.92 Å². The van der Waals surface area contributed by atoms with E-state index in [1.54, 1.807) is 36.5 Å². The van der Waals surface area contributed by atoms with Crippen molar-refractivity contribution in [2.75, 3.05) is 0 Å². The van der Waals surface area contributed by atoms with Gasteiger partial charge in [-0.25, -0.2) is 13.8 Å². The Morgan fingerprint density at radius 1 is 1.21 bits per heavy atom. The Bertz CT molecular complexity index is 846. The van der Waals surface area contributed by atoms with Crippen molar-refractivity contribution in [3.63, 3.8) is 0 Å². The number of pyridine rings is 1.